The van der Waals surface area contributed by atoms with Gasteiger partial charge in [0.15, 0.2) is 12.4 Å². The maximum absolute atomic E-state index is 12.1. The predicted octanol–water partition coefficient (Wildman–Crippen LogP) is 1.13. The third-order valence-corrected chi connectivity index (χ3v) is 3.46. The Kier molecular flexibility index (Phi) is 8.70. The first-order chi connectivity index (χ1) is 12.8. The highest BCUT2D eigenvalue weighted by Gasteiger charge is 2.21. The van der Waals surface area contributed by atoms with Gasteiger partial charge in [-0.25, -0.2) is 4.79 Å². The van der Waals surface area contributed by atoms with Crippen LogP contribution in [0.15, 0.2) is 18.2 Å². The minimum Gasteiger partial charge on any atom is -0.487 e. The lowest BCUT2D eigenvalue weighted by atomic mass is 10.2. The number of hydrogen-bond acceptors (Lipinski definition) is 7. The van der Waals surface area contributed by atoms with Gasteiger partial charge in [-0.3, -0.25) is 19.7 Å². The average molecular weight is 381 g/mol. The molecular formula is C17H23N3O7. The summed E-state index contributed by atoms with van der Waals surface area (Å²) in [6.07, 6.45) is 0. The number of benzene rings is 1. The fraction of sp³-hybridized carbons (Fsp3) is 0.471. The lowest BCUT2D eigenvalue weighted by Crippen LogP contribution is -2.42. The number of likely N-dealkylation sites (N-methyl/N-ethyl adjacent to an activating group) is 2. The molecule has 2 amide bonds. The highest BCUT2D eigenvalue weighted by molar-refractivity contribution is 5.93. The molecule has 0 aliphatic rings. The fourth-order valence-corrected chi connectivity index (χ4v) is 2.17. The van der Waals surface area contributed by atoms with Crippen LogP contribution in [0.1, 0.15) is 31.1 Å². The third-order valence-electron chi connectivity index (χ3n) is 3.46. The van der Waals surface area contributed by atoms with E-state index >= 15 is 0 Å². The Labute approximate surface area is 156 Å². The zero-order chi connectivity index (χ0) is 20.4. The number of nitro groups is 1. The summed E-state index contributed by atoms with van der Waals surface area (Å²) in [5.41, 5.74) is -0.450. The van der Waals surface area contributed by atoms with E-state index < -0.39 is 23.4 Å². The molecule has 1 rings (SSSR count). The van der Waals surface area contributed by atoms with Crippen molar-refractivity contribution < 1.29 is 28.8 Å². The van der Waals surface area contributed by atoms with Crippen molar-refractivity contribution in [1.29, 1.82) is 0 Å². The standard InChI is InChI=1S/C17H23N3O7/c1-4-18-15(21)10-19(5-2)16(22)11-27-17(23)12-7-8-14(26-6-3)13(9-12)20(24)25/h7-9H,4-6,10-11H2,1-3H3,(H,18,21). The summed E-state index contributed by atoms with van der Waals surface area (Å²) >= 11 is 0. The van der Waals surface area contributed by atoms with Gasteiger partial charge in [-0.1, -0.05) is 0 Å². The van der Waals surface area contributed by atoms with Gasteiger partial charge in [0.1, 0.15) is 0 Å². The molecule has 0 unspecified atom stereocenters. The molecule has 0 spiro atoms. The lowest BCUT2D eigenvalue weighted by molar-refractivity contribution is -0.385. The number of carbonyl (C=O) groups excluding carboxylic acids is 3. The van der Waals surface area contributed by atoms with Gasteiger partial charge in [-0.05, 0) is 32.9 Å². The van der Waals surface area contributed by atoms with Gasteiger partial charge < -0.3 is 19.7 Å². The number of nitrogens with zero attached hydrogens (tertiary/aromatic N) is 2. The second kappa shape index (κ2) is 10.7. The Morgan fingerprint density at radius 2 is 1.93 bits per heavy atom. The molecule has 10 heteroatoms. The van der Waals surface area contributed by atoms with Crippen molar-refractivity contribution >= 4 is 23.5 Å². The van der Waals surface area contributed by atoms with Crippen molar-refractivity contribution in [1.82, 2.24) is 10.2 Å². The molecule has 0 bridgehead atoms. The van der Waals surface area contributed by atoms with Crippen molar-refractivity contribution in [3.8, 4) is 5.75 Å². The van der Waals surface area contributed by atoms with Gasteiger partial charge in [0.05, 0.1) is 23.6 Å². The first kappa shape index (κ1) is 21.9. The van der Waals surface area contributed by atoms with E-state index in [0.717, 1.165) is 6.07 Å². The molecule has 0 atom stereocenters. The van der Waals surface area contributed by atoms with Crippen LogP contribution in [0, 0.1) is 10.1 Å². The van der Waals surface area contributed by atoms with Crippen LogP contribution >= 0.6 is 0 Å². The number of hydrogen-bond donors (Lipinski definition) is 1. The number of carbonyl (C=O) groups is 3. The summed E-state index contributed by atoms with van der Waals surface area (Å²) in [6, 6.07) is 3.65. The van der Waals surface area contributed by atoms with Gasteiger partial charge >= 0.3 is 11.7 Å². The molecule has 0 fully saturated rings. The molecule has 0 heterocycles. The number of nitro benzene ring substituents is 1. The summed E-state index contributed by atoms with van der Waals surface area (Å²) in [6.45, 7) is 5.35. The Hall–Kier alpha value is -3.17. The maximum atomic E-state index is 12.1. The lowest BCUT2D eigenvalue weighted by Gasteiger charge is -2.20. The molecule has 0 aliphatic carbocycles. The topological polar surface area (TPSA) is 128 Å². The third kappa shape index (κ3) is 6.57. The minimum absolute atomic E-state index is 0.0363. The Morgan fingerprint density at radius 1 is 1.22 bits per heavy atom. The average Bonchev–Trinajstić information content (AvgIpc) is 2.64. The summed E-state index contributed by atoms with van der Waals surface area (Å²) in [4.78, 5) is 47.4. The molecule has 1 aromatic carbocycles. The van der Waals surface area contributed by atoms with Gasteiger partial charge in [-0.2, -0.15) is 0 Å². The molecule has 0 saturated carbocycles. The zero-order valence-corrected chi connectivity index (χ0v) is 15.5. The van der Waals surface area contributed by atoms with Crippen LogP contribution in [-0.4, -0.2) is 60.5 Å². The molecule has 0 aliphatic heterocycles. The van der Waals surface area contributed by atoms with Crippen molar-refractivity contribution in [2.45, 2.75) is 20.8 Å². The van der Waals surface area contributed by atoms with E-state index in [9.17, 15) is 24.5 Å². The van der Waals surface area contributed by atoms with E-state index in [0.29, 0.717) is 6.54 Å². The van der Waals surface area contributed by atoms with Crippen LogP contribution in [0.5, 0.6) is 5.75 Å². The van der Waals surface area contributed by atoms with Crippen LogP contribution in [0.3, 0.4) is 0 Å². The number of esters is 1. The fourth-order valence-electron chi connectivity index (χ4n) is 2.17. The van der Waals surface area contributed by atoms with Crippen LogP contribution in [0.25, 0.3) is 0 Å². The molecule has 1 aromatic rings. The van der Waals surface area contributed by atoms with Crippen molar-refractivity contribution in [2.24, 2.45) is 0 Å². The van der Waals surface area contributed by atoms with Crippen molar-refractivity contribution in [3.63, 3.8) is 0 Å². The molecule has 0 aromatic heterocycles. The van der Waals surface area contributed by atoms with Crippen LogP contribution in [0.2, 0.25) is 0 Å². The summed E-state index contributed by atoms with van der Waals surface area (Å²) in [5, 5.41) is 13.7. The van der Waals surface area contributed by atoms with Gasteiger partial charge in [0, 0.05) is 19.2 Å². The van der Waals surface area contributed by atoms with E-state index in [-0.39, 0.29) is 42.6 Å². The van der Waals surface area contributed by atoms with Crippen molar-refractivity contribution in [3.05, 3.63) is 33.9 Å². The molecule has 1 N–H and O–H groups in total. The molecule has 0 radical (unpaired) electrons. The quantitative estimate of drug-likeness (QED) is 0.365. The van der Waals surface area contributed by atoms with Crippen LogP contribution in [-0.2, 0) is 14.3 Å². The number of rotatable bonds is 10. The maximum Gasteiger partial charge on any atom is 0.338 e. The monoisotopic (exact) mass is 381 g/mol. The molecule has 27 heavy (non-hydrogen) atoms. The predicted molar refractivity (Wildman–Crippen MR) is 95.5 cm³/mol. The first-order valence-electron chi connectivity index (χ1n) is 8.46. The SMILES string of the molecule is CCNC(=O)CN(CC)C(=O)COC(=O)c1ccc(OCC)c([N+](=O)[O-])c1. The summed E-state index contributed by atoms with van der Waals surface area (Å²) < 4.78 is 10.1. The summed E-state index contributed by atoms with van der Waals surface area (Å²) in [5.74, 6) is -1.71. The highest BCUT2D eigenvalue weighted by Crippen LogP contribution is 2.28. The molecule has 10 nitrogen and oxygen atoms in total. The number of nitrogens with one attached hydrogen (secondary N) is 1. The van der Waals surface area contributed by atoms with Crippen LogP contribution in [0.4, 0.5) is 5.69 Å². The normalized spacial score (nSPS) is 10.0. The van der Waals surface area contributed by atoms with Gasteiger partial charge in [0.25, 0.3) is 5.91 Å². The van der Waals surface area contributed by atoms with Gasteiger partial charge in [0.2, 0.25) is 5.91 Å². The second-order valence-electron chi connectivity index (χ2n) is 5.31. The van der Waals surface area contributed by atoms with E-state index in [1.807, 2.05) is 0 Å². The molecule has 148 valence electrons. The van der Waals surface area contributed by atoms with E-state index in [2.05, 4.69) is 5.32 Å². The number of amides is 2. The molecular weight excluding hydrogens is 358 g/mol. The van der Waals surface area contributed by atoms with E-state index in [4.69, 9.17) is 9.47 Å². The smallest absolute Gasteiger partial charge is 0.338 e. The largest absolute Gasteiger partial charge is 0.487 e. The second-order valence-corrected chi connectivity index (χ2v) is 5.31. The van der Waals surface area contributed by atoms with Gasteiger partial charge in [-0.15, -0.1) is 0 Å². The minimum atomic E-state index is -0.886. The zero-order valence-electron chi connectivity index (χ0n) is 15.5. The summed E-state index contributed by atoms with van der Waals surface area (Å²) in [7, 11) is 0. The Balaban J connectivity index is 2.75. The molecule has 0 saturated heterocycles. The van der Waals surface area contributed by atoms with E-state index in [1.165, 1.54) is 17.0 Å². The Bertz CT molecular complexity index is 706. The van der Waals surface area contributed by atoms with Crippen LogP contribution < -0.4 is 10.1 Å². The Morgan fingerprint density at radius 3 is 2.48 bits per heavy atom. The van der Waals surface area contributed by atoms with Crippen molar-refractivity contribution in [2.75, 3.05) is 32.8 Å². The number of ether oxygens (including phenoxy) is 2. The first-order valence-corrected chi connectivity index (χ1v) is 8.46. The highest BCUT2D eigenvalue weighted by atomic mass is 16.6. The van der Waals surface area contributed by atoms with E-state index in [1.54, 1.807) is 20.8 Å².